The van der Waals surface area contributed by atoms with Crippen molar-refractivity contribution in [2.24, 2.45) is 11.8 Å². The molecule has 3 aliphatic rings. The SMILES string of the molecule is C=CCN(C(=O)[C@@H]1N([C@@H](CC)CO)C(=O)[C@H]2[C@H](C(=O)O)[C@H]3O[C@@]12CC3Br)c1c(C)cccc1Cl. The zero-order valence-corrected chi connectivity index (χ0v) is 21.3. The molecule has 3 heterocycles. The Hall–Kier alpha value is -1.94. The largest absolute Gasteiger partial charge is 0.481 e. The van der Waals surface area contributed by atoms with E-state index in [4.69, 9.17) is 16.3 Å². The summed E-state index contributed by atoms with van der Waals surface area (Å²) in [6.45, 7) is 7.19. The molecule has 3 saturated heterocycles. The maximum atomic E-state index is 14.3. The molecule has 4 rings (SSSR count). The summed E-state index contributed by atoms with van der Waals surface area (Å²) < 4.78 is 6.29. The van der Waals surface area contributed by atoms with Crippen LogP contribution in [0.2, 0.25) is 5.02 Å². The minimum absolute atomic E-state index is 0.127. The van der Waals surface area contributed by atoms with Crippen LogP contribution in [0.25, 0.3) is 0 Å². The maximum Gasteiger partial charge on any atom is 0.310 e. The fourth-order valence-corrected chi connectivity index (χ4v) is 7.24. The van der Waals surface area contributed by atoms with Crippen molar-refractivity contribution in [2.75, 3.05) is 18.1 Å². The molecule has 8 nitrogen and oxygen atoms in total. The normalized spacial score (nSPS) is 32.6. The van der Waals surface area contributed by atoms with Crippen LogP contribution >= 0.6 is 27.5 Å². The molecule has 2 bridgehead atoms. The summed E-state index contributed by atoms with van der Waals surface area (Å²) in [6.07, 6.45) is 1.53. The molecule has 2 amide bonds. The average Bonchev–Trinajstić information content (AvgIpc) is 3.37. The van der Waals surface area contributed by atoms with Crippen LogP contribution in [-0.2, 0) is 19.1 Å². The lowest BCUT2D eigenvalue weighted by atomic mass is 9.70. The number of carbonyl (C=O) groups is 3. The predicted octanol–water partition coefficient (Wildman–Crippen LogP) is 2.77. The summed E-state index contributed by atoms with van der Waals surface area (Å²) >= 11 is 10.0. The topological polar surface area (TPSA) is 107 Å². The van der Waals surface area contributed by atoms with E-state index in [0.29, 0.717) is 23.6 Å². The first-order valence-corrected chi connectivity index (χ1v) is 12.6. The van der Waals surface area contributed by atoms with Crippen LogP contribution in [0.3, 0.4) is 0 Å². The lowest BCUT2D eigenvalue weighted by molar-refractivity contribution is -0.150. The van der Waals surface area contributed by atoms with E-state index in [9.17, 15) is 24.6 Å². The van der Waals surface area contributed by atoms with Gasteiger partial charge in [0.25, 0.3) is 5.91 Å². The molecule has 0 saturated carbocycles. The number of benzene rings is 1. The monoisotopic (exact) mass is 554 g/mol. The number of aliphatic hydroxyl groups is 1. The third-order valence-corrected chi connectivity index (χ3v) is 8.51. The van der Waals surface area contributed by atoms with Gasteiger partial charge in [-0.25, -0.2) is 0 Å². The van der Waals surface area contributed by atoms with E-state index in [2.05, 4.69) is 22.5 Å². The van der Waals surface area contributed by atoms with E-state index < -0.39 is 53.4 Å². The number of halogens is 2. The number of carboxylic acids is 1. The number of ether oxygens (including phenoxy) is 1. The Kier molecular flexibility index (Phi) is 6.85. The average molecular weight is 556 g/mol. The highest BCUT2D eigenvalue weighted by Gasteiger charge is 2.77. The number of nitrogens with zero attached hydrogens (tertiary/aromatic N) is 2. The van der Waals surface area contributed by atoms with Crippen molar-refractivity contribution in [3.8, 4) is 0 Å². The van der Waals surface area contributed by atoms with Crippen LogP contribution in [0.4, 0.5) is 5.69 Å². The highest BCUT2D eigenvalue weighted by molar-refractivity contribution is 9.09. The van der Waals surface area contributed by atoms with Crippen LogP contribution < -0.4 is 4.90 Å². The molecule has 1 unspecified atom stereocenters. The lowest BCUT2D eigenvalue weighted by Gasteiger charge is -2.39. The molecule has 0 radical (unpaired) electrons. The third-order valence-electron chi connectivity index (χ3n) is 7.36. The van der Waals surface area contributed by atoms with E-state index in [0.717, 1.165) is 5.56 Å². The second-order valence-electron chi connectivity index (χ2n) is 9.13. The van der Waals surface area contributed by atoms with Gasteiger partial charge in [0, 0.05) is 11.4 Å². The van der Waals surface area contributed by atoms with Crippen LogP contribution in [0.15, 0.2) is 30.9 Å². The number of likely N-dealkylation sites (tertiary alicyclic amines) is 1. The summed E-state index contributed by atoms with van der Waals surface area (Å²) in [4.78, 5) is 42.8. The van der Waals surface area contributed by atoms with Crippen molar-refractivity contribution < 1.29 is 29.3 Å². The Morgan fingerprint density at radius 1 is 1.47 bits per heavy atom. The number of fused-ring (bicyclic) bond motifs is 1. The molecule has 1 aromatic rings. The van der Waals surface area contributed by atoms with Crippen LogP contribution in [0.1, 0.15) is 25.3 Å². The van der Waals surface area contributed by atoms with Gasteiger partial charge >= 0.3 is 5.97 Å². The van der Waals surface area contributed by atoms with Gasteiger partial charge in [-0.2, -0.15) is 0 Å². The van der Waals surface area contributed by atoms with Gasteiger partial charge in [-0.1, -0.05) is 52.7 Å². The van der Waals surface area contributed by atoms with E-state index in [1.54, 1.807) is 18.2 Å². The van der Waals surface area contributed by atoms with E-state index in [1.165, 1.54) is 9.80 Å². The predicted molar refractivity (Wildman–Crippen MR) is 130 cm³/mol. The van der Waals surface area contributed by atoms with Crippen LogP contribution in [-0.4, -0.2) is 74.7 Å². The van der Waals surface area contributed by atoms with Crippen molar-refractivity contribution >= 4 is 51.0 Å². The fourth-order valence-electron chi connectivity index (χ4n) is 5.97. The van der Waals surface area contributed by atoms with Crippen molar-refractivity contribution in [3.05, 3.63) is 41.4 Å². The van der Waals surface area contributed by atoms with E-state index >= 15 is 0 Å². The minimum Gasteiger partial charge on any atom is -0.481 e. The van der Waals surface area contributed by atoms with E-state index in [-0.39, 0.29) is 18.0 Å². The Morgan fingerprint density at radius 2 is 2.18 bits per heavy atom. The summed E-state index contributed by atoms with van der Waals surface area (Å²) in [7, 11) is 0. The maximum absolute atomic E-state index is 14.3. The number of alkyl halides is 1. The Balaban J connectivity index is 1.89. The van der Waals surface area contributed by atoms with Crippen molar-refractivity contribution in [2.45, 2.75) is 55.3 Å². The molecule has 2 N–H and O–H groups in total. The van der Waals surface area contributed by atoms with Gasteiger partial charge in [-0.05, 0) is 31.4 Å². The molecule has 3 aliphatic heterocycles. The van der Waals surface area contributed by atoms with Crippen molar-refractivity contribution in [1.82, 2.24) is 4.90 Å². The molecule has 1 spiro atoms. The van der Waals surface area contributed by atoms with E-state index in [1.807, 2.05) is 19.9 Å². The summed E-state index contributed by atoms with van der Waals surface area (Å²) in [5.74, 6) is -4.15. The molecule has 0 aromatic heterocycles. The third kappa shape index (κ3) is 3.51. The number of aryl methyl sites for hydroxylation is 1. The number of anilines is 1. The molecule has 184 valence electrons. The standard InChI is InChI=1S/C24H28BrClN2O6/c1-4-9-27(18-12(3)7-6-8-15(18)26)22(31)20-24-10-14(25)19(34-24)16(23(32)33)17(24)21(30)28(20)13(5-2)11-29/h4,6-8,13-14,16-17,19-20,29H,1,5,9-11H2,2-3H3,(H,32,33)/t13-,14?,16-,17+,19-,20-,24+/m0/s1. The summed E-state index contributed by atoms with van der Waals surface area (Å²) in [5, 5.41) is 20.4. The Labute approximate surface area is 211 Å². The van der Waals surface area contributed by atoms with Gasteiger partial charge < -0.3 is 24.7 Å². The number of hydrogen-bond donors (Lipinski definition) is 2. The summed E-state index contributed by atoms with van der Waals surface area (Å²) in [5.41, 5.74) is -0.0657. The number of rotatable bonds is 8. The number of carbonyl (C=O) groups excluding carboxylic acids is 2. The molecule has 10 heteroatoms. The second kappa shape index (κ2) is 9.26. The molecule has 3 fully saturated rings. The van der Waals surface area contributed by atoms with Crippen molar-refractivity contribution in [1.29, 1.82) is 0 Å². The van der Waals surface area contributed by atoms with Gasteiger partial charge in [0.05, 0.1) is 41.3 Å². The first-order chi connectivity index (χ1) is 16.1. The van der Waals surface area contributed by atoms with Gasteiger partial charge in [0.2, 0.25) is 5.91 Å². The highest BCUT2D eigenvalue weighted by Crippen LogP contribution is 2.60. The number of hydrogen-bond acceptors (Lipinski definition) is 5. The molecular weight excluding hydrogens is 528 g/mol. The zero-order chi connectivity index (χ0) is 24.9. The van der Waals surface area contributed by atoms with Crippen molar-refractivity contribution in [3.63, 3.8) is 0 Å². The lowest BCUT2D eigenvalue weighted by Crippen LogP contribution is -2.59. The van der Waals surface area contributed by atoms with Crippen LogP contribution in [0, 0.1) is 18.8 Å². The Bertz CT molecular complexity index is 1010. The summed E-state index contributed by atoms with van der Waals surface area (Å²) in [6, 6.07) is 3.52. The highest BCUT2D eigenvalue weighted by atomic mass is 79.9. The number of aliphatic carboxylic acids is 1. The minimum atomic E-state index is -1.33. The van der Waals surface area contributed by atoms with Gasteiger partial charge in [0.15, 0.2) is 0 Å². The zero-order valence-electron chi connectivity index (χ0n) is 19.0. The second-order valence-corrected chi connectivity index (χ2v) is 10.7. The van der Waals surface area contributed by atoms with Gasteiger partial charge in [-0.15, -0.1) is 6.58 Å². The molecule has 0 aliphatic carbocycles. The number of carboxylic acid groups (broad SMARTS) is 1. The fraction of sp³-hybridized carbons (Fsp3) is 0.542. The molecule has 7 atom stereocenters. The quantitative estimate of drug-likeness (QED) is 0.377. The number of amides is 2. The molecule has 34 heavy (non-hydrogen) atoms. The first kappa shape index (κ1) is 25.2. The number of aliphatic hydroxyl groups excluding tert-OH is 1. The Morgan fingerprint density at radius 3 is 2.74 bits per heavy atom. The van der Waals surface area contributed by atoms with Gasteiger partial charge in [-0.3, -0.25) is 14.4 Å². The first-order valence-electron chi connectivity index (χ1n) is 11.3. The van der Waals surface area contributed by atoms with Crippen LogP contribution in [0.5, 0.6) is 0 Å². The number of para-hydroxylation sites is 1. The molecular formula is C24H28BrClN2O6. The molecule has 1 aromatic carbocycles. The van der Waals surface area contributed by atoms with Gasteiger partial charge in [0.1, 0.15) is 11.6 Å². The smallest absolute Gasteiger partial charge is 0.310 e.